The number of hydrogen-bond acceptors (Lipinski definition) is 4. The summed E-state index contributed by atoms with van der Waals surface area (Å²) in [7, 11) is -1.22. The molecule has 6 aromatic rings. The van der Waals surface area contributed by atoms with Crippen molar-refractivity contribution in [3.8, 4) is 0 Å². The summed E-state index contributed by atoms with van der Waals surface area (Å²) in [4.78, 5) is 5.49. The molecule has 0 aliphatic carbocycles. The Balaban J connectivity index is 1.09. The highest BCUT2D eigenvalue weighted by Crippen LogP contribution is 2.61. The first kappa shape index (κ1) is 28.8. The van der Waals surface area contributed by atoms with Crippen molar-refractivity contribution in [2.24, 2.45) is 0 Å². The lowest BCUT2D eigenvalue weighted by Crippen LogP contribution is -2.20. The average molecular weight is 673 g/mol. The Kier molecular flexibility index (Phi) is 8.48. The summed E-state index contributed by atoms with van der Waals surface area (Å²) in [6, 6.07) is 58.3. The van der Waals surface area contributed by atoms with Gasteiger partial charge >= 0.3 is 0 Å². The fourth-order valence-corrected chi connectivity index (χ4v) is 15.6. The molecular weight excluding hydrogens is 647 g/mol. The normalized spacial score (nSPS) is 15.5. The highest BCUT2D eigenvalue weighted by molar-refractivity contribution is 8.30. The molecule has 0 fully saturated rings. The lowest BCUT2D eigenvalue weighted by Gasteiger charge is -2.19. The standard InChI is InChI=1S/C38H26P2S4/c1-5-13-27(14-6-1)39(28-15-7-2-8-16-28)31-21-23-33-35(25-31)43-37(41-33)38-42-34-24-22-32(26-36(34)44-38)40(29-17-9-3-10-18-29)30-19-11-4-12-20-30/h1-26H/b38-37+. The summed E-state index contributed by atoms with van der Waals surface area (Å²) in [6.45, 7) is 0. The summed E-state index contributed by atoms with van der Waals surface area (Å²) in [5.74, 6) is 0. The monoisotopic (exact) mass is 672 g/mol. The van der Waals surface area contributed by atoms with E-state index in [1.54, 1.807) is 0 Å². The maximum absolute atomic E-state index is 2.45. The smallest absolute Gasteiger partial charge is 0.0706 e. The second kappa shape index (κ2) is 13.0. The predicted octanol–water partition coefficient (Wildman–Crippen LogP) is 9.43. The Morgan fingerprint density at radius 3 is 0.886 bits per heavy atom. The van der Waals surface area contributed by atoms with Crippen molar-refractivity contribution in [3.63, 3.8) is 0 Å². The van der Waals surface area contributed by atoms with Crippen molar-refractivity contribution < 1.29 is 0 Å². The van der Waals surface area contributed by atoms with Crippen LogP contribution in [0.3, 0.4) is 0 Å². The molecule has 0 saturated carbocycles. The highest BCUT2D eigenvalue weighted by atomic mass is 32.2. The minimum atomic E-state index is -0.611. The van der Waals surface area contributed by atoms with Gasteiger partial charge in [0.15, 0.2) is 0 Å². The van der Waals surface area contributed by atoms with Crippen LogP contribution < -0.4 is 31.8 Å². The van der Waals surface area contributed by atoms with E-state index in [-0.39, 0.29) is 0 Å². The van der Waals surface area contributed by atoms with E-state index in [1.165, 1.54) is 59.9 Å². The van der Waals surface area contributed by atoms with Crippen LogP contribution in [0.2, 0.25) is 0 Å². The Morgan fingerprint density at radius 1 is 0.273 bits per heavy atom. The second-order valence-electron chi connectivity index (χ2n) is 10.3. The highest BCUT2D eigenvalue weighted by Gasteiger charge is 2.29. The molecule has 212 valence electrons. The van der Waals surface area contributed by atoms with E-state index in [1.807, 2.05) is 47.0 Å². The minimum absolute atomic E-state index is 0.611. The van der Waals surface area contributed by atoms with E-state index < -0.39 is 15.8 Å². The third-order valence-corrected chi connectivity index (χ3v) is 17.9. The van der Waals surface area contributed by atoms with E-state index in [9.17, 15) is 0 Å². The van der Waals surface area contributed by atoms with Gasteiger partial charge < -0.3 is 0 Å². The molecule has 0 radical (unpaired) electrons. The topological polar surface area (TPSA) is 0 Å². The van der Waals surface area contributed by atoms with Gasteiger partial charge in [-0.05, 0) is 71.9 Å². The van der Waals surface area contributed by atoms with Crippen LogP contribution in [0, 0.1) is 0 Å². The predicted molar refractivity (Wildman–Crippen MR) is 201 cm³/mol. The number of hydrogen-bond donors (Lipinski definition) is 0. The molecule has 2 aliphatic rings. The van der Waals surface area contributed by atoms with Gasteiger partial charge in [-0.25, -0.2) is 0 Å². The first-order valence-corrected chi connectivity index (χ1v) is 20.3. The van der Waals surface area contributed by atoms with Crippen LogP contribution in [-0.4, -0.2) is 0 Å². The van der Waals surface area contributed by atoms with E-state index >= 15 is 0 Å². The molecule has 0 atom stereocenters. The molecule has 0 spiro atoms. The summed E-state index contributed by atoms with van der Waals surface area (Å²) in [5.41, 5.74) is 0. The summed E-state index contributed by atoms with van der Waals surface area (Å²) < 4.78 is 2.81. The molecule has 0 N–H and O–H groups in total. The zero-order valence-corrected chi connectivity index (χ0v) is 28.6. The Morgan fingerprint density at radius 2 is 0.568 bits per heavy atom. The van der Waals surface area contributed by atoms with Crippen LogP contribution in [0.4, 0.5) is 0 Å². The van der Waals surface area contributed by atoms with Crippen molar-refractivity contribution in [2.75, 3.05) is 0 Å². The van der Waals surface area contributed by atoms with Crippen molar-refractivity contribution in [2.45, 2.75) is 19.6 Å². The zero-order chi connectivity index (χ0) is 29.3. The van der Waals surface area contributed by atoms with Crippen LogP contribution in [0.5, 0.6) is 0 Å². The quantitative estimate of drug-likeness (QED) is 0.162. The molecule has 0 aromatic heterocycles. The third-order valence-electron chi connectivity index (χ3n) is 7.41. The molecule has 44 heavy (non-hydrogen) atoms. The Labute approximate surface area is 278 Å². The first-order chi connectivity index (χ1) is 21.8. The average Bonchev–Trinajstić information content (AvgIpc) is 3.71. The fourth-order valence-electron chi connectivity index (χ4n) is 5.41. The molecular formula is C38H26P2S4. The van der Waals surface area contributed by atoms with Gasteiger partial charge in [-0.3, -0.25) is 0 Å². The summed E-state index contributed by atoms with van der Waals surface area (Å²) >= 11 is 7.76. The van der Waals surface area contributed by atoms with Gasteiger partial charge in [0.1, 0.15) is 0 Å². The lowest BCUT2D eigenvalue weighted by atomic mass is 10.3. The van der Waals surface area contributed by atoms with Crippen LogP contribution in [0.25, 0.3) is 0 Å². The van der Waals surface area contributed by atoms with Gasteiger partial charge in [0.2, 0.25) is 0 Å². The van der Waals surface area contributed by atoms with Crippen LogP contribution in [-0.2, 0) is 0 Å². The number of fused-ring (bicyclic) bond motifs is 2. The largest absolute Gasteiger partial charge is 0.0798 e. The molecule has 2 heterocycles. The minimum Gasteiger partial charge on any atom is -0.0798 e. The van der Waals surface area contributed by atoms with Crippen LogP contribution in [0.15, 0.2) is 186 Å². The van der Waals surface area contributed by atoms with E-state index in [2.05, 4.69) is 158 Å². The van der Waals surface area contributed by atoms with Gasteiger partial charge in [0.05, 0.1) is 8.47 Å². The number of benzene rings is 6. The van der Waals surface area contributed by atoms with Gasteiger partial charge in [-0.15, -0.1) is 0 Å². The Hall–Kier alpha value is -2.68. The van der Waals surface area contributed by atoms with Crippen LogP contribution in [0.1, 0.15) is 0 Å². The van der Waals surface area contributed by atoms with Crippen molar-refractivity contribution in [3.05, 3.63) is 166 Å². The van der Waals surface area contributed by atoms with E-state index in [0.29, 0.717) is 0 Å². The lowest BCUT2D eigenvalue weighted by molar-refractivity contribution is 1.29. The molecule has 0 saturated heterocycles. The molecule has 2 aliphatic heterocycles. The molecule has 0 unspecified atom stereocenters. The maximum Gasteiger partial charge on any atom is 0.0706 e. The van der Waals surface area contributed by atoms with Crippen LogP contribution >= 0.6 is 62.9 Å². The summed E-state index contributed by atoms with van der Waals surface area (Å²) in [5, 5.41) is 8.38. The van der Waals surface area contributed by atoms with E-state index in [0.717, 1.165) is 0 Å². The SMILES string of the molecule is c1ccc(P(c2ccccc2)c2ccc3c(c2)S/C(=C2\Sc4ccc(P(c5ccccc5)c5ccccc5)cc4S2)S3)cc1. The van der Waals surface area contributed by atoms with Gasteiger partial charge in [0.25, 0.3) is 0 Å². The van der Waals surface area contributed by atoms with Crippen molar-refractivity contribution >= 4 is 94.7 Å². The second-order valence-corrected chi connectivity index (χ2v) is 19.4. The van der Waals surface area contributed by atoms with Gasteiger partial charge in [-0.1, -0.05) is 181 Å². The number of rotatable bonds is 6. The first-order valence-electron chi connectivity index (χ1n) is 14.3. The molecule has 0 bridgehead atoms. The van der Waals surface area contributed by atoms with Gasteiger partial charge in [-0.2, -0.15) is 0 Å². The Bertz CT molecular complexity index is 1740. The molecule has 0 nitrogen and oxygen atoms in total. The number of thioether (sulfide) groups is 4. The van der Waals surface area contributed by atoms with E-state index in [4.69, 9.17) is 0 Å². The van der Waals surface area contributed by atoms with Crippen molar-refractivity contribution in [1.29, 1.82) is 0 Å². The van der Waals surface area contributed by atoms with Crippen molar-refractivity contribution in [1.82, 2.24) is 0 Å². The third kappa shape index (κ3) is 5.85. The fraction of sp³-hybridized carbons (Fsp3) is 0. The molecule has 8 rings (SSSR count). The molecule has 6 aromatic carbocycles. The van der Waals surface area contributed by atoms with Gasteiger partial charge in [0, 0.05) is 19.6 Å². The molecule has 6 heteroatoms. The summed E-state index contributed by atoms with van der Waals surface area (Å²) in [6.07, 6.45) is 0. The maximum atomic E-state index is 2.45. The molecule has 0 amide bonds. The zero-order valence-electron chi connectivity index (χ0n) is 23.5.